The first-order chi connectivity index (χ1) is 23.3. The van der Waals surface area contributed by atoms with Crippen molar-refractivity contribution < 1.29 is 28.8 Å². The highest BCUT2D eigenvalue weighted by Gasteiger charge is 2.31. The van der Waals surface area contributed by atoms with Gasteiger partial charge in [0, 0.05) is 44.7 Å². The predicted molar refractivity (Wildman–Crippen MR) is 188 cm³/mol. The van der Waals surface area contributed by atoms with Crippen LogP contribution in [0.25, 0.3) is 0 Å². The van der Waals surface area contributed by atoms with Crippen LogP contribution >= 0.6 is 0 Å². The lowest BCUT2D eigenvalue weighted by Gasteiger charge is -2.25. The van der Waals surface area contributed by atoms with Crippen LogP contribution in [0, 0.1) is 11.8 Å². The van der Waals surface area contributed by atoms with E-state index in [0.717, 1.165) is 11.1 Å². The third-order valence-electron chi connectivity index (χ3n) is 7.98. The Labute approximate surface area is 288 Å². The van der Waals surface area contributed by atoms with Gasteiger partial charge in [0.25, 0.3) is 0 Å². The molecular formula is C36H51N7O6. The van der Waals surface area contributed by atoms with Gasteiger partial charge < -0.3 is 37.9 Å². The average Bonchev–Trinajstić information content (AvgIpc) is 3.05. The molecule has 0 saturated heterocycles. The van der Waals surface area contributed by atoms with Crippen LogP contribution in [-0.4, -0.2) is 66.3 Å². The second kappa shape index (κ2) is 21.7. The molecule has 13 heteroatoms. The molecule has 0 bridgehead atoms. The van der Waals surface area contributed by atoms with Crippen LogP contribution < -0.4 is 33.2 Å². The lowest BCUT2D eigenvalue weighted by atomic mass is 9.89. The van der Waals surface area contributed by atoms with Crippen molar-refractivity contribution in [1.29, 1.82) is 0 Å². The number of aliphatic imine (C=N–C) groups is 1. The van der Waals surface area contributed by atoms with Crippen LogP contribution in [0.15, 0.2) is 65.7 Å². The van der Waals surface area contributed by atoms with Crippen LogP contribution in [0.1, 0.15) is 69.9 Å². The number of hydrogen-bond donors (Lipinski definition) is 6. The summed E-state index contributed by atoms with van der Waals surface area (Å²) >= 11 is 0. The van der Waals surface area contributed by atoms with Gasteiger partial charge in [0.05, 0.1) is 6.04 Å². The minimum absolute atomic E-state index is 0.00596. The van der Waals surface area contributed by atoms with E-state index in [1.807, 2.05) is 60.7 Å². The minimum atomic E-state index is -0.987. The summed E-state index contributed by atoms with van der Waals surface area (Å²) in [6, 6.07) is 16.5. The molecule has 0 spiro atoms. The SMILES string of the molecule is CC(=O)C[C@@H](Cc1ccccc1)C(=O)N[C@H](CCCN=C(N)N)C(=O)C[C@@H](Cc1ccccc1)C(=O)N[C@@H](CCCCNC(C)=O)C(N)=O. The molecule has 2 rings (SSSR count). The molecule has 0 radical (unpaired) electrons. The Hall–Kier alpha value is -5.07. The van der Waals surface area contributed by atoms with Crippen molar-refractivity contribution in [2.45, 2.75) is 83.7 Å². The topological polar surface area (TPSA) is 229 Å². The molecule has 2 aromatic rings. The van der Waals surface area contributed by atoms with Gasteiger partial charge in [-0.25, -0.2) is 0 Å². The Balaban J connectivity index is 2.28. The zero-order valence-corrected chi connectivity index (χ0v) is 28.5. The fraction of sp³-hybridized carbons (Fsp3) is 0.472. The molecule has 0 aliphatic carbocycles. The first-order valence-corrected chi connectivity index (χ1v) is 16.7. The molecule has 4 amide bonds. The van der Waals surface area contributed by atoms with Gasteiger partial charge >= 0.3 is 0 Å². The van der Waals surface area contributed by atoms with Crippen LogP contribution in [0.3, 0.4) is 0 Å². The molecule has 0 heterocycles. The average molecular weight is 678 g/mol. The highest BCUT2D eigenvalue weighted by atomic mass is 16.2. The van der Waals surface area contributed by atoms with Gasteiger partial charge in [-0.15, -0.1) is 0 Å². The van der Waals surface area contributed by atoms with Gasteiger partial charge in [-0.1, -0.05) is 60.7 Å². The second-order valence-corrected chi connectivity index (χ2v) is 12.3. The zero-order valence-electron chi connectivity index (χ0n) is 28.5. The predicted octanol–water partition coefficient (Wildman–Crippen LogP) is 1.46. The fourth-order valence-corrected chi connectivity index (χ4v) is 5.46. The van der Waals surface area contributed by atoms with Gasteiger partial charge in [-0.05, 0) is 63.0 Å². The number of nitrogens with zero attached hydrogens (tertiary/aromatic N) is 1. The number of unbranched alkanes of at least 4 members (excludes halogenated alkanes) is 1. The van der Waals surface area contributed by atoms with E-state index in [2.05, 4.69) is 20.9 Å². The molecule has 4 atom stereocenters. The number of hydrogen-bond acceptors (Lipinski definition) is 7. The Morgan fingerprint density at radius 2 is 1.18 bits per heavy atom. The maximum Gasteiger partial charge on any atom is 0.239 e. The van der Waals surface area contributed by atoms with Gasteiger partial charge in [-0.2, -0.15) is 0 Å². The van der Waals surface area contributed by atoms with Gasteiger partial charge in [0.2, 0.25) is 23.6 Å². The van der Waals surface area contributed by atoms with Crippen molar-refractivity contribution >= 4 is 41.2 Å². The molecular weight excluding hydrogens is 626 g/mol. The summed E-state index contributed by atoms with van der Waals surface area (Å²) < 4.78 is 0. The quantitative estimate of drug-likeness (QED) is 0.0572. The molecule has 9 N–H and O–H groups in total. The van der Waals surface area contributed by atoms with E-state index in [0.29, 0.717) is 32.2 Å². The van der Waals surface area contributed by atoms with Crippen molar-refractivity contribution in [3.8, 4) is 0 Å². The lowest BCUT2D eigenvalue weighted by molar-refractivity contribution is -0.134. The minimum Gasteiger partial charge on any atom is -0.370 e. The third-order valence-corrected chi connectivity index (χ3v) is 7.98. The Morgan fingerprint density at radius 3 is 1.67 bits per heavy atom. The largest absolute Gasteiger partial charge is 0.370 e. The fourth-order valence-electron chi connectivity index (χ4n) is 5.46. The van der Waals surface area contributed by atoms with E-state index in [9.17, 15) is 28.8 Å². The van der Waals surface area contributed by atoms with Crippen molar-refractivity contribution in [3.05, 3.63) is 71.8 Å². The first kappa shape index (κ1) is 40.1. The maximum atomic E-state index is 14.0. The van der Waals surface area contributed by atoms with Crippen LogP contribution in [-0.2, 0) is 41.6 Å². The van der Waals surface area contributed by atoms with Gasteiger partial charge in [0.15, 0.2) is 11.7 Å². The number of rotatable bonds is 23. The lowest BCUT2D eigenvalue weighted by Crippen LogP contribution is -2.49. The number of Topliss-reactive ketones (excluding diaryl/α,β-unsaturated/α-hetero) is 2. The van der Waals surface area contributed by atoms with Crippen LogP contribution in [0.5, 0.6) is 0 Å². The molecule has 0 aromatic heterocycles. The van der Waals surface area contributed by atoms with E-state index in [1.165, 1.54) is 13.8 Å². The zero-order chi connectivity index (χ0) is 36.2. The molecule has 266 valence electrons. The molecule has 0 aliphatic heterocycles. The maximum absolute atomic E-state index is 14.0. The van der Waals surface area contributed by atoms with Crippen molar-refractivity contribution in [3.63, 3.8) is 0 Å². The summed E-state index contributed by atoms with van der Waals surface area (Å²) in [4.78, 5) is 80.8. The standard InChI is InChI=1S/C36H51N7O6/c1-24(44)20-28(21-26-12-5-3-6-13-26)34(48)42-30(17-11-19-41-36(38)39)32(46)23-29(22-27-14-7-4-8-15-27)35(49)43-31(33(37)47)16-9-10-18-40-25(2)45/h3-8,12-15,28-31H,9-11,16-23H2,1-2H3,(H2,37,47)(H,40,45)(H,42,48)(H,43,49)(H4,38,39,41)/t28-,29+,30+,31-/m0/s1. The number of nitrogens with two attached hydrogens (primary N) is 3. The van der Waals surface area contributed by atoms with E-state index in [-0.39, 0.29) is 62.1 Å². The smallest absolute Gasteiger partial charge is 0.239 e. The second-order valence-electron chi connectivity index (χ2n) is 12.3. The summed E-state index contributed by atoms with van der Waals surface area (Å²) in [6.07, 6.45) is 2.18. The van der Waals surface area contributed by atoms with Gasteiger partial charge in [-0.3, -0.25) is 29.0 Å². The van der Waals surface area contributed by atoms with E-state index in [4.69, 9.17) is 17.2 Å². The number of guanidine groups is 1. The number of carbonyl (C=O) groups is 6. The van der Waals surface area contributed by atoms with Crippen molar-refractivity contribution in [2.75, 3.05) is 13.1 Å². The van der Waals surface area contributed by atoms with Crippen LogP contribution in [0.4, 0.5) is 0 Å². The number of benzene rings is 2. The number of carbonyl (C=O) groups excluding carboxylic acids is 6. The number of amides is 4. The summed E-state index contributed by atoms with van der Waals surface area (Å²) in [5.74, 6) is -4.09. The molecule has 13 nitrogen and oxygen atoms in total. The van der Waals surface area contributed by atoms with Crippen molar-refractivity contribution in [1.82, 2.24) is 16.0 Å². The van der Waals surface area contributed by atoms with Crippen LogP contribution in [0.2, 0.25) is 0 Å². The van der Waals surface area contributed by atoms with Crippen molar-refractivity contribution in [2.24, 2.45) is 34.0 Å². The third kappa shape index (κ3) is 16.5. The Kier molecular flexibility index (Phi) is 17.8. The highest BCUT2D eigenvalue weighted by Crippen LogP contribution is 2.19. The number of ketones is 2. The van der Waals surface area contributed by atoms with E-state index < -0.39 is 41.6 Å². The highest BCUT2D eigenvalue weighted by molar-refractivity contribution is 5.95. The molecule has 0 unspecified atom stereocenters. The number of nitrogens with one attached hydrogen (secondary N) is 3. The molecule has 49 heavy (non-hydrogen) atoms. The summed E-state index contributed by atoms with van der Waals surface area (Å²) in [7, 11) is 0. The van der Waals surface area contributed by atoms with Gasteiger partial charge in [0.1, 0.15) is 11.8 Å². The first-order valence-electron chi connectivity index (χ1n) is 16.7. The molecule has 0 saturated carbocycles. The molecule has 0 aliphatic rings. The van der Waals surface area contributed by atoms with E-state index >= 15 is 0 Å². The Morgan fingerprint density at radius 1 is 0.673 bits per heavy atom. The summed E-state index contributed by atoms with van der Waals surface area (Å²) in [6.45, 7) is 3.47. The summed E-state index contributed by atoms with van der Waals surface area (Å²) in [5.41, 5.74) is 18.2. The number of primary amides is 1. The molecule has 0 fully saturated rings. The Bertz CT molecular complexity index is 1410. The monoisotopic (exact) mass is 677 g/mol. The summed E-state index contributed by atoms with van der Waals surface area (Å²) in [5, 5.41) is 8.27. The van der Waals surface area contributed by atoms with E-state index in [1.54, 1.807) is 0 Å². The molecule has 2 aromatic carbocycles. The normalized spacial score (nSPS) is 13.2.